The first-order chi connectivity index (χ1) is 6.29. The fraction of sp³-hybridized carbons (Fsp3) is 0.333. The highest BCUT2D eigenvalue weighted by Crippen LogP contribution is 2.31. The molecular formula is C9H9Cl2NO. The number of halogens is 2. The van der Waals surface area contributed by atoms with E-state index in [0.29, 0.717) is 5.02 Å². The van der Waals surface area contributed by atoms with Gasteiger partial charge in [0.15, 0.2) is 0 Å². The van der Waals surface area contributed by atoms with Crippen LogP contribution in [0.25, 0.3) is 0 Å². The smallest absolute Gasteiger partial charge is 0.147 e. The van der Waals surface area contributed by atoms with Crippen molar-refractivity contribution in [2.24, 2.45) is 0 Å². The zero-order chi connectivity index (χ0) is 9.26. The van der Waals surface area contributed by atoms with Gasteiger partial charge in [-0.25, -0.2) is 0 Å². The molecule has 1 unspecified atom stereocenters. The van der Waals surface area contributed by atoms with Gasteiger partial charge in [0.1, 0.15) is 6.23 Å². The van der Waals surface area contributed by atoms with Gasteiger partial charge >= 0.3 is 0 Å². The second-order valence-electron chi connectivity index (χ2n) is 2.88. The predicted octanol–water partition coefficient (Wildman–Crippen LogP) is 3.05. The third kappa shape index (κ3) is 1.75. The molecule has 1 saturated heterocycles. The fourth-order valence-electron chi connectivity index (χ4n) is 1.18. The molecule has 0 bridgehead atoms. The van der Waals surface area contributed by atoms with Gasteiger partial charge in [0.25, 0.3) is 0 Å². The topological polar surface area (TPSA) is 12.5 Å². The SMILES string of the molecule is Clc1ccccc1N(Cl)C1CCO1. The number of ether oxygens (including phenoxy) is 1. The summed E-state index contributed by atoms with van der Waals surface area (Å²) >= 11 is 12.0. The van der Waals surface area contributed by atoms with E-state index in [9.17, 15) is 0 Å². The third-order valence-corrected chi connectivity index (χ3v) is 2.73. The molecule has 1 aliphatic rings. The Balaban J connectivity index is 2.18. The molecule has 1 heterocycles. The van der Waals surface area contributed by atoms with Crippen molar-refractivity contribution in [2.45, 2.75) is 12.6 Å². The van der Waals surface area contributed by atoms with Crippen LogP contribution in [0.4, 0.5) is 5.69 Å². The van der Waals surface area contributed by atoms with Crippen LogP contribution in [-0.4, -0.2) is 12.8 Å². The molecule has 4 heteroatoms. The molecular weight excluding hydrogens is 209 g/mol. The summed E-state index contributed by atoms with van der Waals surface area (Å²) in [5.41, 5.74) is 0.801. The third-order valence-electron chi connectivity index (χ3n) is 2.01. The van der Waals surface area contributed by atoms with Gasteiger partial charge in [-0.1, -0.05) is 23.7 Å². The summed E-state index contributed by atoms with van der Waals surface area (Å²) in [7, 11) is 0. The van der Waals surface area contributed by atoms with Gasteiger partial charge in [-0.05, 0) is 12.1 Å². The van der Waals surface area contributed by atoms with Gasteiger partial charge in [0, 0.05) is 18.2 Å². The van der Waals surface area contributed by atoms with Crippen molar-refractivity contribution in [2.75, 3.05) is 11.0 Å². The molecule has 0 spiro atoms. The van der Waals surface area contributed by atoms with E-state index in [4.69, 9.17) is 28.1 Å². The number of anilines is 1. The summed E-state index contributed by atoms with van der Waals surface area (Å²) in [6, 6.07) is 7.45. The monoisotopic (exact) mass is 217 g/mol. The predicted molar refractivity (Wildman–Crippen MR) is 54.1 cm³/mol. The lowest BCUT2D eigenvalue weighted by molar-refractivity contribution is -0.0415. The van der Waals surface area contributed by atoms with E-state index in [1.807, 2.05) is 24.3 Å². The molecule has 0 radical (unpaired) electrons. The molecule has 0 saturated carbocycles. The summed E-state index contributed by atoms with van der Waals surface area (Å²) in [6.45, 7) is 0.776. The van der Waals surface area contributed by atoms with Gasteiger partial charge < -0.3 is 4.74 Å². The van der Waals surface area contributed by atoms with E-state index >= 15 is 0 Å². The Bertz CT molecular complexity index is 301. The highest BCUT2D eigenvalue weighted by Gasteiger charge is 2.26. The van der Waals surface area contributed by atoms with Crippen LogP contribution >= 0.6 is 23.4 Å². The van der Waals surface area contributed by atoms with Crippen LogP contribution in [-0.2, 0) is 4.74 Å². The zero-order valence-electron chi connectivity index (χ0n) is 6.91. The van der Waals surface area contributed by atoms with Crippen LogP contribution in [0.5, 0.6) is 0 Å². The minimum atomic E-state index is -0.0263. The molecule has 1 aromatic rings. The molecule has 1 atom stereocenters. The van der Waals surface area contributed by atoms with Crippen LogP contribution in [0.2, 0.25) is 5.02 Å². The largest absolute Gasteiger partial charge is 0.357 e. The maximum absolute atomic E-state index is 6.04. The lowest BCUT2D eigenvalue weighted by Gasteiger charge is -2.33. The molecule has 1 fully saturated rings. The van der Waals surface area contributed by atoms with E-state index in [2.05, 4.69) is 0 Å². The Kier molecular flexibility index (Phi) is 2.63. The quantitative estimate of drug-likeness (QED) is 0.707. The fourth-order valence-corrected chi connectivity index (χ4v) is 1.75. The molecule has 0 N–H and O–H groups in total. The van der Waals surface area contributed by atoms with Crippen LogP contribution < -0.4 is 4.42 Å². The van der Waals surface area contributed by atoms with E-state index in [0.717, 1.165) is 18.7 Å². The minimum Gasteiger partial charge on any atom is -0.357 e. The standard InChI is InChI=1S/C9H9Cl2NO/c10-7-3-1-2-4-8(7)12(11)9-5-6-13-9/h1-4,9H,5-6H2. The Labute approximate surface area is 87.1 Å². The van der Waals surface area contributed by atoms with Crippen molar-refractivity contribution in [1.82, 2.24) is 0 Å². The molecule has 0 amide bonds. The normalized spacial score (nSPS) is 20.9. The Hall–Kier alpha value is -0.440. The van der Waals surface area contributed by atoms with Crippen molar-refractivity contribution >= 4 is 29.1 Å². The lowest BCUT2D eigenvalue weighted by Crippen LogP contribution is -2.39. The van der Waals surface area contributed by atoms with Crippen molar-refractivity contribution in [3.05, 3.63) is 29.3 Å². The zero-order valence-corrected chi connectivity index (χ0v) is 8.42. The van der Waals surface area contributed by atoms with Gasteiger partial charge in [-0.15, -0.1) is 0 Å². The van der Waals surface area contributed by atoms with E-state index in [1.54, 1.807) is 4.42 Å². The number of hydrogen-bond acceptors (Lipinski definition) is 2. The van der Waals surface area contributed by atoms with Crippen molar-refractivity contribution in [3.63, 3.8) is 0 Å². The molecule has 1 aliphatic heterocycles. The lowest BCUT2D eigenvalue weighted by atomic mass is 10.2. The van der Waals surface area contributed by atoms with Gasteiger partial charge in [0.2, 0.25) is 0 Å². The minimum absolute atomic E-state index is 0.0263. The van der Waals surface area contributed by atoms with Gasteiger partial charge in [-0.3, -0.25) is 4.42 Å². The summed E-state index contributed by atoms with van der Waals surface area (Å²) in [5, 5.41) is 0.646. The molecule has 2 rings (SSSR count). The maximum atomic E-state index is 6.04. The average molecular weight is 218 g/mol. The van der Waals surface area contributed by atoms with Crippen LogP contribution in [0.15, 0.2) is 24.3 Å². The van der Waals surface area contributed by atoms with Crippen LogP contribution in [0, 0.1) is 0 Å². The number of nitrogens with zero attached hydrogens (tertiary/aromatic N) is 1. The van der Waals surface area contributed by atoms with E-state index in [1.165, 1.54) is 0 Å². The Morgan fingerprint density at radius 1 is 1.38 bits per heavy atom. The van der Waals surface area contributed by atoms with Gasteiger partial charge in [0.05, 0.1) is 17.3 Å². The summed E-state index contributed by atoms with van der Waals surface area (Å²) in [6.07, 6.45) is 0.927. The van der Waals surface area contributed by atoms with Crippen molar-refractivity contribution < 1.29 is 4.74 Å². The average Bonchev–Trinajstić information content (AvgIpc) is 2.01. The molecule has 2 nitrogen and oxygen atoms in total. The number of benzene rings is 1. The number of rotatable bonds is 2. The second kappa shape index (κ2) is 3.74. The molecule has 13 heavy (non-hydrogen) atoms. The van der Waals surface area contributed by atoms with Crippen LogP contribution in [0.1, 0.15) is 6.42 Å². The maximum Gasteiger partial charge on any atom is 0.147 e. The summed E-state index contributed by atoms with van der Waals surface area (Å²) < 4.78 is 6.78. The first kappa shape index (κ1) is 9.13. The molecule has 0 aliphatic carbocycles. The number of para-hydroxylation sites is 1. The molecule has 70 valence electrons. The van der Waals surface area contributed by atoms with Crippen molar-refractivity contribution in [3.8, 4) is 0 Å². The highest BCUT2D eigenvalue weighted by molar-refractivity contribution is 6.36. The van der Waals surface area contributed by atoms with Crippen LogP contribution in [0.3, 0.4) is 0 Å². The van der Waals surface area contributed by atoms with Crippen molar-refractivity contribution in [1.29, 1.82) is 0 Å². The van der Waals surface area contributed by atoms with Gasteiger partial charge in [-0.2, -0.15) is 0 Å². The van der Waals surface area contributed by atoms with E-state index < -0.39 is 0 Å². The molecule has 0 aromatic heterocycles. The summed E-state index contributed by atoms with van der Waals surface area (Å²) in [4.78, 5) is 0. The Morgan fingerprint density at radius 3 is 2.62 bits per heavy atom. The second-order valence-corrected chi connectivity index (χ2v) is 3.65. The summed E-state index contributed by atoms with van der Waals surface area (Å²) in [5.74, 6) is 0. The highest BCUT2D eigenvalue weighted by atomic mass is 35.5. The number of hydrogen-bond donors (Lipinski definition) is 0. The Morgan fingerprint density at radius 2 is 2.08 bits per heavy atom. The first-order valence-corrected chi connectivity index (χ1v) is 4.82. The van der Waals surface area contributed by atoms with E-state index in [-0.39, 0.29) is 6.23 Å². The first-order valence-electron chi connectivity index (χ1n) is 4.10. The molecule has 1 aromatic carbocycles.